The molecule has 0 aromatic rings. The summed E-state index contributed by atoms with van der Waals surface area (Å²) < 4.78 is 0. The van der Waals surface area contributed by atoms with Crippen molar-refractivity contribution in [3.8, 4) is 0 Å². The van der Waals surface area contributed by atoms with Crippen molar-refractivity contribution in [3.63, 3.8) is 0 Å². The van der Waals surface area contributed by atoms with E-state index in [1.807, 2.05) is 0 Å². The molecule has 0 rings (SSSR count). The van der Waals surface area contributed by atoms with Crippen molar-refractivity contribution in [1.29, 1.82) is 0 Å². The quantitative estimate of drug-likeness (QED) is 0.460. The van der Waals surface area contributed by atoms with Crippen molar-refractivity contribution in [3.05, 3.63) is 0 Å². The van der Waals surface area contributed by atoms with Gasteiger partial charge in [-0.3, -0.25) is 0 Å². The highest BCUT2D eigenvalue weighted by Crippen LogP contribution is 2.10. The highest BCUT2D eigenvalue weighted by Gasteiger charge is 2.03. The van der Waals surface area contributed by atoms with Crippen LogP contribution >= 0.6 is 11.6 Å². The Morgan fingerprint density at radius 1 is 1.33 bits per heavy atom. The summed E-state index contributed by atoms with van der Waals surface area (Å²) in [6.45, 7) is 6.61. The summed E-state index contributed by atoms with van der Waals surface area (Å²) in [6.07, 6.45) is 5.32. The third-order valence-corrected chi connectivity index (χ3v) is 2.44. The molecule has 1 nitrogen and oxygen atoms in total. The lowest BCUT2D eigenvalue weighted by molar-refractivity contribution is 0.425. The van der Waals surface area contributed by atoms with E-state index in [4.69, 9.17) is 11.6 Å². The van der Waals surface area contributed by atoms with Crippen molar-refractivity contribution < 1.29 is 0 Å². The monoisotopic (exact) mass is 191 g/mol. The number of alkyl halides is 1. The highest BCUT2D eigenvalue weighted by molar-refractivity contribution is 6.18. The molecule has 0 amide bonds. The summed E-state index contributed by atoms with van der Waals surface area (Å²) in [7, 11) is 0. The Morgan fingerprint density at radius 2 is 2.08 bits per heavy atom. The topological polar surface area (TPSA) is 12.0 Å². The Morgan fingerprint density at radius 3 is 2.58 bits per heavy atom. The minimum atomic E-state index is 0.726. The third-order valence-electron chi connectivity index (χ3n) is 2.25. The summed E-state index contributed by atoms with van der Waals surface area (Å²) >= 11 is 5.57. The molecule has 12 heavy (non-hydrogen) atoms. The zero-order valence-electron chi connectivity index (χ0n) is 8.41. The minimum absolute atomic E-state index is 0.726. The maximum atomic E-state index is 5.57. The van der Waals surface area contributed by atoms with Crippen LogP contribution < -0.4 is 5.32 Å². The van der Waals surface area contributed by atoms with Gasteiger partial charge in [-0.05, 0) is 18.9 Å². The van der Waals surface area contributed by atoms with Crippen LogP contribution in [0.3, 0.4) is 0 Å². The molecule has 0 bridgehead atoms. The molecular weight excluding hydrogens is 170 g/mol. The van der Waals surface area contributed by atoms with Gasteiger partial charge in [0, 0.05) is 12.4 Å². The van der Waals surface area contributed by atoms with Crippen LogP contribution in [0.1, 0.15) is 39.5 Å². The molecule has 0 radical (unpaired) electrons. The zero-order valence-corrected chi connectivity index (χ0v) is 9.16. The molecule has 0 fully saturated rings. The van der Waals surface area contributed by atoms with Crippen molar-refractivity contribution >= 4 is 11.6 Å². The molecule has 0 saturated carbocycles. The Labute approximate surface area is 81.9 Å². The number of halogens is 1. The Kier molecular flexibility index (Phi) is 9.53. The van der Waals surface area contributed by atoms with E-state index in [-0.39, 0.29) is 0 Å². The van der Waals surface area contributed by atoms with Crippen LogP contribution in [0.25, 0.3) is 0 Å². The lowest BCUT2D eigenvalue weighted by Gasteiger charge is -2.14. The van der Waals surface area contributed by atoms with Gasteiger partial charge in [-0.1, -0.05) is 33.1 Å². The normalized spacial score (nSPS) is 13.2. The van der Waals surface area contributed by atoms with Crippen molar-refractivity contribution in [2.75, 3.05) is 19.0 Å². The van der Waals surface area contributed by atoms with E-state index in [1.165, 1.54) is 25.7 Å². The smallest absolute Gasteiger partial charge is 0.0348 e. The average molecular weight is 192 g/mol. The first-order chi connectivity index (χ1) is 5.85. The Hall–Kier alpha value is 0.250. The third kappa shape index (κ3) is 6.93. The predicted molar refractivity (Wildman–Crippen MR) is 56.9 cm³/mol. The lowest BCUT2D eigenvalue weighted by atomic mass is 9.99. The van der Waals surface area contributed by atoms with E-state index in [0.29, 0.717) is 0 Å². The van der Waals surface area contributed by atoms with Crippen LogP contribution in [0, 0.1) is 5.92 Å². The van der Waals surface area contributed by atoms with E-state index in [2.05, 4.69) is 19.2 Å². The van der Waals surface area contributed by atoms with Crippen LogP contribution in [0.5, 0.6) is 0 Å². The Balaban J connectivity index is 3.26. The molecule has 0 aromatic heterocycles. The summed E-state index contributed by atoms with van der Waals surface area (Å²) in [5.74, 6) is 1.58. The standard InChI is InChI=1S/C10H22ClN/c1-3-5-6-10(4-2)9-12-8-7-11/h10,12H,3-9H2,1-2H3. The van der Waals surface area contributed by atoms with E-state index in [9.17, 15) is 0 Å². The molecule has 1 unspecified atom stereocenters. The zero-order chi connectivity index (χ0) is 9.23. The van der Waals surface area contributed by atoms with E-state index >= 15 is 0 Å². The average Bonchev–Trinajstić information content (AvgIpc) is 2.11. The molecule has 0 aromatic carbocycles. The molecule has 1 N–H and O–H groups in total. The number of hydrogen-bond acceptors (Lipinski definition) is 1. The molecule has 0 aliphatic heterocycles. The summed E-state index contributed by atoms with van der Waals surface area (Å²) in [5, 5.41) is 3.36. The summed E-state index contributed by atoms with van der Waals surface area (Å²) in [4.78, 5) is 0. The predicted octanol–water partition coefficient (Wildman–Crippen LogP) is 3.03. The molecule has 1 atom stereocenters. The second-order valence-electron chi connectivity index (χ2n) is 3.31. The highest BCUT2D eigenvalue weighted by atomic mass is 35.5. The molecule has 0 spiro atoms. The van der Waals surface area contributed by atoms with Gasteiger partial charge >= 0.3 is 0 Å². The van der Waals surface area contributed by atoms with Gasteiger partial charge in [0.15, 0.2) is 0 Å². The fourth-order valence-electron chi connectivity index (χ4n) is 1.32. The fourth-order valence-corrected chi connectivity index (χ4v) is 1.45. The summed E-state index contributed by atoms with van der Waals surface area (Å²) in [6, 6.07) is 0. The number of unbranched alkanes of at least 4 members (excludes halogenated alkanes) is 1. The summed E-state index contributed by atoms with van der Waals surface area (Å²) in [5.41, 5.74) is 0. The van der Waals surface area contributed by atoms with Crippen molar-refractivity contribution in [2.24, 2.45) is 5.92 Å². The van der Waals surface area contributed by atoms with Gasteiger partial charge in [0.05, 0.1) is 0 Å². The van der Waals surface area contributed by atoms with E-state index in [1.54, 1.807) is 0 Å². The Bertz CT molecular complexity index is 85.9. The van der Waals surface area contributed by atoms with Crippen LogP contribution in [-0.2, 0) is 0 Å². The van der Waals surface area contributed by atoms with Crippen LogP contribution in [-0.4, -0.2) is 19.0 Å². The second-order valence-corrected chi connectivity index (χ2v) is 3.69. The number of rotatable bonds is 8. The van der Waals surface area contributed by atoms with Gasteiger partial charge in [-0.2, -0.15) is 0 Å². The maximum absolute atomic E-state index is 5.57. The van der Waals surface area contributed by atoms with Crippen LogP contribution in [0.4, 0.5) is 0 Å². The first kappa shape index (κ1) is 12.2. The van der Waals surface area contributed by atoms with Gasteiger partial charge in [0.1, 0.15) is 0 Å². The van der Waals surface area contributed by atoms with Gasteiger partial charge in [-0.25, -0.2) is 0 Å². The molecule has 0 heterocycles. The lowest BCUT2D eigenvalue weighted by Crippen LogP contribution is -2.24. The van der Waals surface area contributed by atoms with Crippen molar-refractivity contribution in [1.82, 2.24) is 5.32 Å². The van der Waals surface area contributed by atoms with Gasteiger partial charge in [-0.15, -0.1) is 11.6 Å². The second kappa shape index (κ2) is 9.34. The van der Waals surface area contributed by atoms with Gasteiger partial charge < -0.3 is 5.32 Å². The van der Waals surface area contributed by atoms with E-state index < -0.39 is 0 Å². The largest absolute Gasteiger partial charge is 0.315 e. The minimum Gasteiger partial charge on any atom is -0.315 e. The molecule has 2 heteroatoms. The molecular formula is C10H22ClN. The molecule has 0 saturated heterocycles. The van der Waals surface area contributed by atoms with E-state index in [0.717, 1.165) is 24.9 Å². The SMILES string of the molecule is CCCCC(CC)CNCCCl. The molecule has 0 aliphatic rings. The van der Waals surface area contributed by atoms with Gasteiger partial charge in [0.25, 0.3) is 0 Å². The van der Waals surface area contributed by atoms with Gasteiger partial charge in [0.2, 0.25) is 0 Å². The van der Waals surface area contributed by atoms with Crippen LogP contribution in [0.2, 0.25) is 0 Å². The molecule has 74 valence electrons. The fraction of sp³-hybridized carbons (Fsp3) is 1.00. The maximum Gasteiger partial charge on any atom is 0.0348 e. The van der Waals surface area contributed by atoms with Crippen molar-refractivity contribution in [2.45, 2.75) is 39.5 Å². The first-order valence-electron chi connectivity index (χ1n) is 5.11. The molecule has 0 aliphatic carbocycles. The van der Waals surface area contributed by atoms with Crippen LogP contribution in [0.15, 0.2) is 0 Å². The number of hydrogen-bond donors (Lipinski definition) is 1. The number of nitrogens with one attached hydrogen (secondary N) is 1. The first-order valence-corrected chi connectivity index (χ1v) is 5.65.